The molecule has 0 saturated heterocycles. The lowest BCUT2D eigenvalue weighted by atomic mass is 10.0. The maximum absolute atomic E-state index is 12.3. The van der Waals surface area contributed by atoms with Gasteiger partial charge in [0.15, 0.2) is 0 Å². The number of cyclic esters (lactones) is 1. The molecule has 5 nitrogen and oxygen atoms in total. The molecule has 0 bridgehead atoms. The highest BCUT2D eigenvalue weighted by molar-refractivity contribution is 5.97. The Morgan fingerprint density at radius 2 is 1.87 bits per heavy atom. The van der Waals surface area contributed by atoms with Crippen LogP contribution in [0.4, 0.5) is 0 Å². The third-order valence-electron chi connectivity index (χ3n) is 4.00. The summed E-state index contributed by atoms with van der Waals surface area (Å²) in [5.74, 6) is -1.00. The Bertz CT molecular complexity index is 579. The van der Waals surface area contributed by atoms with Gasteiger partial charge >= 0.3 is 5.97 Å². The fourth-order valence-electron chi connectivity index (χ4n) is 2.75. The highest BCUT2D eigenvalue weighted by Crippen LogP contribution is 2.30. The van der Waals surface area contributed by atoms with Gasteiger partial charge in [0, 0.05) is 6.07 Å². The smallest absolute Gasteiger partial charge is 0.342 e. The van der Waals surface area contributed by atoms with Crippen LogP contribution >= 0.6 is 0 Å². The number of aliphatic hydroxyl groups excluding tert-OH is 1. The second-order valence-electron chi connectivity index (χ2n) is 6.06. The van der Waals surface area contributed by atoms with E-state index in [-0.39, 0.29) is 29.3 Å². The molecule has 2 atom stereocenters. The fourth-order valence-corrected chi connectivity index (χ4v) is 2.75. The zero-order chi connectivity index (χ0) is 16.8. The van der Waals surface area contributed by atoms with Gasteiger partial charge in [-0.2, -0.15) is 0 Å². The minimum Gasteiger partial charge on any atom is -0.508 e. The molecular weight excluding hydrogens is 296 g/mol. The Hall–Kier alpha value is -2.01. The van der Waals surface area contributed by atoms with Crippen LogP contribution in [0.15, 0.2) is 18.2 Å². The second-order valence-corrected chi connectivity index (χ2v) is 6.06. The third-order valence-corrected chi connectivity index (χ3v) is 4.00. The molecule has 1 aromatic carbocycles. The van der Waals surface area contributed by atoms with E-state index < -0.39 is 5.97 Å². The van der Waals surface area contributed by atoms with E-state index in [9.17, 15) is 20.1 Å². The molecule has 0 amide bonds. The highest BCUT2D eigenvalue weighted by Gasteiger charge is 2.20. The Morgan fingerprint density at radius 1 is 1.13 bits per heavy atom. The van der Waals surface area contributed by atoms with Gasteiger partial charge in [0.25, 0.3) is 0 Å². The lowest BCUT2D eigenvalue weighted by Crippen LogP contribution is -2.17. The number of aromatic hydroxyl groups is 2. The minimum atomic E-state index is -0.604. The minimum absolute atomic E-state index is 0.0722. The van der Waals surface area contributed by atoms with E-state index in [1.54, 1.807) is 13.0 Å². The standard InChI is InChI=1S/C18H24O5/c1-12-6-5-9-14(19)8-4-2-3-7-13-10-15(20)11-16(21)17(13)18(22)23-12/h3,7,10-12,14,19-21H,2,4-6,8-9H2,1H3/b7-3+/t12?,14-/m0/s1. The van der Waals surface area contributed by atoms with E-state index in [0.29, 0.717) is 18.4 Å². The number of allylic oxidation sites excluding steroid dienone is 1. The topological polar surface area (TPSA) is 87.0 Å². The summed E-state index contributed by atoms with van der Waals surface area (Å²) in [6.45, 7) is 1.79. The van der Waals surface area contributed by atoms with Crippen LogP contribution in [0.1, 0.15) is 61.4 Å². The van der Waals surface area contributed by atoms with Crippen LogP contribution in [0.2, 0.25) is 0 Å². The molecule has 0 aromatic heterocycles. The monoisotopic (exact) mass is 320 g/mol. The van der Waals surface area contributed by atoms with E-state index in [1.165, 1.54) is 6.07 Å². The van der Waals surface area contributed by atoms with Gasteiger partial charge < -0.3 is 20.1 Å². The fraction of sp³-hybridized carbons (Fsp3) is 0.500. The first-order valence-corrected chi connectivity index (χ1v) is 8.09. The average Bonchev–Trinajstić information content (AvgIpc) is 2.45. The summed E-state index contributed by atoms with van der Waals surface area (Å²) >= 11 is 0. The first kappa shape index (κ1) is 17.3. The van der Waals surface area contributed by atoms with Gasteiger partial charge in [-0.25, -0.2) is 4.79 Å². The Kier molecular flexibility index (Phi) is 6.04. The van der Waals surface area contributed by atoms with Crippen molar-refractivity contribution in [3.63, 3.8) is 0 Å². The molecule has 0 saturated carbocycles. The van der Waals surface area contributed by atoms with Crippen molar-refractivity contribution >= 4 is 12.0 Å². The van der Waals surface area contributed by atoms with E-state index in [1.807, 2.05) is 6.08 Å². The SMILES string of the molecule is CC1CCC[C@@H](O)CCC/C=C/c2cc(O)cc(O)c2C(=O)O1. The van der Waals surface area contributed by atoms with Crippen molar-refractivity contribution in [2.45, 2.75) is 57.7 Å². The molecule has 5 heteroatoms. The molecule has 2 rings (SSSR count). The first-order chi connectivity index (χ1) is 11.0. The zero-order valence-corrected chi connectivity index (χ0v) is 13.4. The van der Waals surface area contributed by atoms with Crippen molar-refractivity contribution in [3.8, 4) is 11.5 Å². The Balaban J connectivity index is 2.30. The van der Waals surface area contributed by atoms with Crippen LogP contribution in [-0.4, -0.2) is 33.5 Å². The number of aliphatic hydroxyl groups is 1. The molecule has 1 unspecified atom stereocenters. The molecular formula is C18H24O5. The molecule has 1 heterocycles. The molecule has 1 aliphatic heterocycles. The number of phenols is 2. The van der Waals surface area contributed by atoms with E-state index in [2.05, 4.69) is 0 Å². The lowest BCUT2D eigenvalue weighted by Gasteiger charge is -2.17. The number of benzene rings is 1. The quantitative estimate of drug-likeness (QED) is 0.638. The molecule has 0 aliphatic carbocycles. The number of rotatable bonds is 0. The maximum Gasteiger partial charge on any atom is 0.342 e. The van der Waals surface area contributed by atoms with Crippen molar-refractivity contribution < 1.29 is 24.9 Å². The molecule has 0 fully saturated rings. The van der Waals surface area contributed by atoms with Gasteiger partial charge in [-0.05, 0) is 57.1 Å². The number of carbonyl (C=O) groups is 1. The number of fused-ring (bicyclic) bond motifs is 1. The van der Waals surface area contributed by atoms with Gasteiger partial charge in [0.1, 0.15) is 17.1 Å². The summed E-state index contributed by atoms with van der Waals surface area (Å²) in [7, 11) is 0. The van der Waals surface area contributed by atoms with Gasteiger partial charge in [-0.1, -0.05) is 12.2 Å². The second kappa shape index (κ2) is 8.02. The lowest BCUT2D eigenvalue weighted by molar-refractivity contribution is 0.0307. The van der Waals surface area contributed by atoms with Gasteiger partial charge in [-0.15, -0.1) is 0 Å². The molecule has 1 aliphatic rings. The predicted molar refractivity (Wildman–Crippen MR) is 87.4 cm³/mol. The normalized spacial score (nSPS) is 25.0. The van der Waals surface area contributed by atoms with Crippen LogP contribution in [0.5, 0.6) is 11.5 Å². The number of hydrogen-bond acceptors (Lipinski definition) is 5. The summed E-state index contributed by atoms with van der Waals surface area (Å²) in [5, 5.41) is 29.5. The predicted octanol–water partition coefficient (Wildman–Crippen LogP) is 3.37. The zero-order valence-electron chi connectivity index (χ0n) is 13.4. The van der Waals surface area contributed by atoms with E-state index >= 15 is 0 Å². The maximum atomic E-state index is 12.3. The molecule has 23 heavy (non-hydrogen) atoms. The van der Waals surface area contributed by atoms with Crippen LogP contribution in [0, 0.1) is 0 Å². The van der Waals surface area contributed by atoms with Gasteiger partial charge in [0.2, 0.25) is 0 Å². The number of phenolic OH excluding ortho intramolecular Hbond substituents is 2. The Labute approximate surface area is 136 Å². The van der Waals surface area contributed by atoms with E-state index in [4.69, 9.17) is 4.74 Å². The molecule has 0 spiro atoms. The van der Waals surface area contributed by atoms with Crippen molar-refractivity contribution in [2.75, 3.05) is 0 Å². The molecule has 3 N–H and O–H groups in total. The summed E-state index contributed by atoms with van der Waals surface area (Å²) in [5.41, 5.74) is 0.500. The Morgan fingerprint density at radius 3 is 2.65 bits per heavy atom. The first-order valence-electron chi connectivity index (χ1n) is 8.09. The van der Waals surface area contributed by atoms with Crippen LogP contribution in [0.25, 0.3) is 6.08 Å². The number of hydrogen-bond donors (Lipinski definition) is 3. The average molecular weight is 320 g/mol. The van der Waals surface area contributed by atoms with E-state index in [0.717, 1.165) is 31.7 Å². The summed E-state index contributed by atoms with van der Waals surface area (Å²) in [4.78, 5) is 12.3. The van der Waals surface area contributed by atoms with Gasteiger partial charge in [0.05, 0.1) is 12.2 Å². The van der Waals surface area contributed by atoms with Crippen molar-refractivity contribution in [1.82, 2.24) is 0 Å². The largest absolute Gasteiger partial charge is 0.508 e. The number of ether oxygens (including phenoxy) is 1. The van der Waals surface area contributed by atoms with Crippen molar-refractivity contribution in [1.29, 1.82) is 0 Å². The van der Waals surface area contributed by atoms with Crippen LogP contribution in [0.3, 0.4) is 0 Å². The number of carbonyl (C=O) groups excluding carboxylic acids is 1. The third kappa shape index (κ3) is 4.99. The molecule has 1 aromatic rings. The highest BCUT2D eigenvalue weighted by atomic mass is 16.5. The molecule has 126 valence electrons. The summed E-state index contributed by atoms with van der Waals surface area (Å²) in [6.07, 6.45) is 7.39. The number of esters is 1. The van der Waals surface area contributed by atoms with Crippen LogP contribution in [-0.2, 0) is 4.74 Å². The molecule has 0 radical (unpaired) electrons. The van der Waals surface area contributed by atoms with Crippen molar-refractivity contribution in [2.24, 2.45) is 0 Å². The summed E-state index contributed by atoms with van der Waals surface area (Å²) < 4.78 is 5.38. The van der Waals surface area contributed by atoms with Crippen LogP contribution < -0.4 is 0 Å². The summed E-state index contributed by atoms with van der Waals surface area (Å²) in [6, 6.07) is 2.57. The van der Waals surface area contributed by atoms with Gasteiger partial charge in [-0.3, -0.25) is 0 Å². The van der Waals surface area contributed by atoms with Crippen molar-refractivity contribution in [3.05, 3.63) is 29.3 Å².